The van der Waals surface area contributed by atoms with E-state index in [1.54, 1.807) is 0 Å². The van der Waals surface area contributed by atoms with Crippen molar-refractivity contribution in [3.05, 3.63) is 66.2 Å². The summed E-state index contributed by atoms with van der Waals surface area (Å²) in [5, 5.41) is 12.3. The molecule has 5 nitrogen and oxygen atoms in total. The minimum Gasteiger partial charge on any atom is -0.456 e. The van der Waals surface area contributed by atoms with Crippen LogP contribution in [0, 0.1) is 13.7 Å². The molecule has 0 bridgehead atoms. The Kier molecular flexibility index (Phi) is 3.79. The Bertz CT molecular complexity index is 989. The van der Waals surface area contributed by atoms with Crippen LogP contribution in [0.1, 0.15) is 25.0 Å². The lowest BCUT2D eigenvalue weighted by atomic mass is 9.76. The molecule has 0 saturated carbocycles. The van der Waals surface area contributed by atoms with Crippen molar-refractivity contribution in [2.45, 2.75) is 25.0 Å². The van der Waals surface area contributed by atoms with Gasteiger partial charge < -0.3 is 9.64 Å². The van der Waals surface area contributed by atoms with Crippen molar-refractivity contribution in [1.29, 1.82) is 0 Å². The number of fused-ring (bicyclic) bond motifs is 2. The van der Waals surface area contributed by atoms with E-state index in [1.165, 1.54) is 6.07 Å². The molecule has 0 saturated heterocycles. The van der Waals surface area contributed by atoms with Crippen LogP contribution in [0.5, 0.6) is 5.75 Å². The number of anilines is 1. The van der Waals surface area contributed by atoms with Gasteiger partial charge in [0, 0.05) is 33.0 Å². The van der Waals surface area contributed by atoms with Crippen LogP contribution in [0.2, 0.25) is 5.02 Å². The standard InChI is InChI=1S/C19H16ClIN2O3/c1-18(2)14-9-12(20)4-5-15(14)22(3)19(18)7-6-11-8-13(21)10-16(23(24)25)17(11)26-19/h4-10H,1-3H3. The maximum atomic E-state index is 11.6. The van der Waals surface area contributed by atoms with Crippen LogP contribution in [0.3, 0.4) is 0 Å². The average molecular weight is 483 g/mol. The fourth-order valence-electron chi connectivity index (χ4n) is 3.97. The van der Waals surface area contributed by atoms with Crippen molar-refractivity contribution >= 4 is 51.6 Å². The molecule has 1 spiro atoms. The van der Waals surface area contributed by atoms with Crippen LogP contribution in [-0.4, -0.2) is 17.7 Å². The van der Waals surface area contributed by atoms with Crippen molar-refractivity contribution in [1.82, 2.24) is 0 Å². The molecule has 7 heteroatoms. The lowest BCUT2D eigenvalue weighted by Crippen LogP contribution is -2.58. The highest BCUT2D eigenvalue weighted by Crippen LogP contribution is 2.55. The first kappa shape index (κ1) is 17.6. The minimum atomic E-state index is -0.870. The van der Waals surface area contributed by atoms with Crippen LogP contribution in [0.25, 0.3) is 6.08 Å². The molecule has 2 aliphatic rings. The SMILES string of the molecule is CN1c2ccc(Cl)cc2C(C)(C)C12C=Cc1cc(I)cc([N+](=O)[O-])c1O2. The maximum absolute atomic E-state index is 11.6. The van der Waals surface area contributed by atoms with Gasteiger partial charge in [-0.15, -0.1) is 0 Å². The first-order valence-electron chi connectivity index (χ1n) is 8.07. The molecule has 0 amide bonds. The highest BCUT2D eigenvalue weighted by molar-refractivity contribution is 14.1. The predicted octanol–water partition coefficient (Wildman–Crippen LogP) is 5.38. The van der Waals surface area contributed by atoms with E-state index in [2.05, 4.69) is 36.4 Å². The zero-order chi connectivity index (χ0) is 18.9. The summed E-state index contributed by atoms with van der Waals surface area (Å²) in [4.78, 5) is 13.2. The number of halogens is 2. The minimum absolute atomic E-state index is 0.0196. The van der Waals surface area contributed by atoms with Gasteiger partial charge >= 0.3 is 5.69 Å². The van der Waals surface area contributed by atoms with E-state index in [-0.39, 0.29) is 10.6 Å². The molecule has 2 aromatic rings. The van der Waals surface area contributed by atoms with E-state index in [4.69, 9.17) is 16.3 Å². The first-order chi connectivity index (χ1) is 12.2. The lowest BCUT2D eigenvalue weighted by Gasteiger charge is -2.45. The van der Waals surface area contributed by atoms with Gasteiger partial charge in [0.05, 0.1) is 10.3 Å². The zero-order valence-corrected chi connectivity index (χ0v) is 17.3. The van der Waals surface area contributed by atoms with Crippen LogP contribution >= 0.6 is 34.2 Å². The predicted molar refractivity (Wildman–Crippen MR) is 111 cm³/mol. The Morgan fingerprint density at radius 2 is 2.00 bits per heavy atom. The van der Waals surface area contributed by atoms with Gasteiger partial charge in [0.25, 0.3) is 0 Å². The molecule has 26 heavy (non-hydrogen) atoms. The number of rotatable bonds is 1. The summed E-state index contributed by atoms with van der Waals surface area (Å²) in [5.74, 6) is 0.303. The number of hydrogen-bond acceptors (Lipinski definition) is 4. The van der Waals surface area contributed by atoms with E-state index in [9.17, 15) is 10.1 Å². The summed E-state index contributed by atoms with van der Waals surface area (Å²) in [7, 11) is 1.94. The molecule has 4 rings (SSSR count). The number of hydrogen-bond donors (Lipinski definition) is 0. The molecule has 134 valence electrons. The van der Waals surface area contributed by atoms with Crippen molar-refractivity contribution in [3.63, 3.8) is 0 Å². The molecule has 1 atom stereocenters. The number of nitro groups is 1. The number of nitrogens with zero attached hydrogens (tertiary/aromatic N) is 2. The van der Waals surface area contributed by atoms with Gasteiger partial charge in [-0.1, -0.05) is 11.6 Å². The van der Waals surface area contributed by atoms with Gasteiger partial charge in [0.2, 0.25) is 11.5 Å². The molecule has 2 aromatic carbocycles. The van der Waals surface area contributed by atoms with Crippen LogP contribution in [0.4, 0.5) is 11.4 Å². The quantitative estimate of drug-likeness (QED) is 0.311. The van der Waals surface area contributed by atoms with Crippen molar-refractivity contribution in [2.75, 3.05) is 11.9 Å². The summed E-state index contributed by atoms with van der Waals surface area (Å²) < 4.78 is 7.23. The van der Waals surface area contributed by atoms with E-state index in [0.717, 1.165) is 14.8 Å². The Morgan fingerprint density at radius 3 is 2.69 bits per heavy atom. The van der Waals surface area contributed by atoms with E-state index < -0.39 is 11.1 Å². The molecule has 0 fully saturated rings. The zero-order valence-electron chi connectivity index (χ0n) is 14.4. The van der Waals surface area contributed by atoms with Crippen molar-refractivity contribution in [2.24, 2.45) is 0 Å². The van der Waals surface area contributed by atoms with Gasteiger partial charge in [0.15, 0.2) is 0 Å². The van der Waals surface area contributed by atoms with E-state index in [1.807, 2.05) is 48.4 Å². The third-order valence-corrected chi connectivity index (χ3v) is 6.25. The summed E-state index contributed by atoms with van der Waals surface area (Å²) in [5.41, 5.74) is 1.41. The molecule has 2 heterocycles. The number of benzene rings is 2. The second kappa shape index (κ2) is 5.60. The smallest absolute Gasteiger partial charge is 0.312 e. The van der Waals surface area contributed by atoms with Gasteiger partial charge in [-0.2, -0.15) is 0 Å². The first-order valence-corrected chi connectivity index (χ1v) is 9.53. The number of ether oxygens (including phenoxy) is 1. The highest BCUT2D eigenvalue weighted by Gasteiger charge is 2.58. The molecule has 0 aromatic heterocycles. The molecule has 0 aliphatic carbocycles. The van der Waals surface area contributed by atoms with Crippen LogP contribution < -0.4 is 9.64 Å². The van der Waals surface area contributed by atoms with Gasteiger partial charge in [0.1, 0.15) is 0 Å². The molecular formula is C19H16ClIN2O3. The fourth-order valence-corrected chi connectivity index (χ4v) is 4.77. The monoisotopic (exact) mass is 482 g/mol. The van der Waals surface area contributed by atoms with Crippen molar-refractivity contribution < 1.29 is 9.66 Å². The second-order valence-electron chi connectivity index (χ2n) is 7.08. The van der Waals surface area contributed by atoms with E-state index >= 15 is 0 Å². The number of likely N-dealkylation sites (N-methyl/N-ethyl adjacent to an activating group) is 1. The molecule has 0 N–H and O–H groups in total. The van der Waals surface area contributed by atoms with E-state index in [0.29, 0.717) is 16.3 Å². The molecule has 0 radical (unpaired) electrons. The average Bonchev–Trinajstić information content (AvgIpc) is 2.73. The maximum Gasteiger partial charge on any atom is 0.312 e. The normalized spacial score (nSPS) is 22.1. The Hall–Kier alpha value is -1.80. The molecule has 1 unspecified atom stereocenters. The fraction of sp³-hybridized carbons (Fsp3) is 0.263. The topological polar surface area (TPSA) is 55.6 Å². The van der Waals surface area contributed by atoms with Gasteiger partial charge in [-0.3, -0.25) is 10.1 Å². The van der Waals surface area contributed by atoms with Gasteiger partial charge in [-0.05, 0) is 78.4 Å². The highest BCUT2D eigenvalue weighted by atomic mass is 127. The Labute approximate surface area is 169 Å². The molecular weight excluding hydrogens is 467 g/mol. The summed E-state index contributed by atoms with van der Waals surface area (Å²) >= 11 is 8.30. The largest absolute Gasteiger partial charge is 0.456 e. The third-order valence-electron chi connectivity index (χ3n) is 5.39. The molecule has 2 aliphatic heterocycles. The van der Waals surface area contributed by atoms with Crippen LogP contribution in [0.15, 0.2) is 36.4 Å². The van der Waals surface area contributed by atoms with Gasteiger partial charge in [-0.25, -0.2) is 0 Å². The Balaban J connectivity index is 1.93. The lowest BCUT2D eigenvalue weighted by molar-refractivity contribution is -0.386. The third kappa shape index (κ3) is 2.21. The summed E-state index contributed by atoms with van der Waals surface area (Å²) in [6.07, 6.45) is 3.91. The number of nitro benzene ring substituents is 1. The second-order valence-corrected chi connectivity index (χ2v) is 8.76. The Morgan fingerprint density at radius 1 is 1.27 bits per heavy atom. The van der Waals surface area contributed by atoms with Crippen LogP contribution in [-0.2, 0) is 5.41 Å². The summed E-state index contributed by atoms with van der Waals surface area (Å²) in [6, 6.07) is 9.17. The van der Waals surface area contributed by atoms with Crippen molar-refractivity contribution in [3.8, 4) is 5.75 Å². The summed E-state index contributed by atoms with van der Waals surface area (Å²) in [6.45, 7) is 4.14.